The summed E-state index contributed by atoms with van der Waals surface area (Å²) in [6.45, 7) is 3.61. The van der Waals surface area contributed by atoms with Gasteiger partial charge in [-0.2, -0.15) is 4.72 Å². The van der Waals surface area contributed by atoms with Crippen LogP contribution in [0.15, 0.2) is 23.1 Å². The highest BCUT2D eigenvalue weighted by Crippen LogP contribution is 2.16. The minimum atomic E-state index is -4.16. The Morgan fingerprint density at radius 2 is 1.90 bits per heavy atom. The molecule has 1 atom stereocenters. The number of rotatable bonds is 6. The van der Waals surface area contributed by atoms with Gasteiger partial charge in [0, 0.05) is 0 Å². The van der Waals surface area contributed by atoms with Gasteiger partial charge in [0.05, 0.1) is 12.0 Å². The molecule has 0 aliphatic carbocycles. The molecule has 0 amide bonds. The third-order valence-corrected chi connectivity index (χ3v) is 4.16. The van der Waals surface area contributed by atoms with Crippen LogP contribution in [0.3, 0.4) is 0 Å². The van der Waals surface area contributed by atoms with E-state index in [1.807, 2.05) is 13.8 Å². The van der Waals surface area contributed by atoms with E-state index in [-0.39, 0.29) is 12.3 Å². The Kier molecular flexibility index (Phi) is 5.79. The van der Waals surface area contributed by atoms with Crippen molar-refractivity contribution in [3.05, 3.63) is 29.8 Å². The van der Waals surface area contributed by atoms with Crippen LogP contribution in [0.5, 0.6) is 0 Å². The molecule has 0 spiro atoms. The van der Waals surface area contributed by atoms with E-state index in [2.05, 4.69) is 9.46 Å². The minimum Gasteiger partial charge on any atom is -0.468 e. The number of sulfonamides is 1. The molecule has 0 fully saturated rings. The van der Waals surface area contributed by atoms with E-state index >= 15 is 0 Å². The lowest BCUT2D eigenvalue weighted by Gasteiger charge is -2.18. The number of benzene rings is 1. The summed E-state index contributed by atoms with van der Waals surface area (Å²) in [4.78, 5) is 11.1. The fourth-order valence-corrected chi connectivity index (χ4v) is 2.91. The highest BCUT2D eigenvalue weighted by molar-refractivity contribution is 7.89. The molecule has 0 aliphatic rings. The third-order valence-electron chi connectivity index (χ3n) is 2.69. The van der Waals surface area contributed by atoms with Crippen molar-refractivity contribution < 1.29 is 26.7 Å². The van der Waals surface area contributed by atoms with Crippen molar-refractivity contribution in [3.8, 4) is 0 Å². The van der Waals surface area contributed by atoms with Gasteiger partial charge in [0.25, 0.3) is 0 Å². The summed E-state index contributed by atoms with van der Waals surface area (Å²) in [5, 5.41) is 0. The Labute approximate surface area is 122 Å². The Morgan fingerprint density at radius 3 is 2.38 bits per heavy atom. The molecule has 0 aromatic heterocycles. The van der Waals surface area contributed by atoms with Crippen LogP contribution in [0.4, 0.5) is 8.78 Å². The van der Waals surface area contributed by atoms with E-state index in [0.29, 0.717) is 12.1 Å². The maximum absolute atomic E-state index is 13.1. The molecule has 0 heterocycles. The van der Waals surface area contributed by atoms with Crippen LogP contribution in [0.25, 0.3) is 0 Å². The van der Waals surface area contributed by atoms with Crippen LogP contribution in [0.1, 0.15) is 20.3 Å². The first kappa shape index (κ1) is 17.5. The molecule has 0 saturated heterocycles. The maximum Gasteiger partial charge on any atom is 0.323 e. The van der Waals surface area contributed by atoms with Gasteiger partial charge >= 0.3 is 5.97 Å². The van der Waals surface area contributed by atoms with Crippen molar-refractivity contribution in [3.63, 3.8) is 0 Å². The monoisotopic (exact) mass is 321 g/mol. The topological polar surface area (TPSA) is 72.5 Å². The summed E-state index contributed by atoms with van der Waals surface area (Å²) >= 11 is 0. The lowest BCUT2D eigenvalue weighted by atomic mass is 10.1. The largest absolute Gasteiger partial charge is 0.468 e. The van der Waals surface area contributed by atoms with Crippen molar-refractivity contribution >= 4 is 16.0 Å². The van der Waals surface area contributed by atoms with E-state index in [4.69, 9.17) is 0 Å². The number of nitrogens with one attached hydrogen (secondary N) is 1. The van der Waals surface area contributed by atoms with Gasteiger partial charge < -0.3 is 4.74 Å². The molecule has 0 bridgehead atoms. The zero-order valence-electron chi connectivity index (χ0n) is 11.9. The Morgan fingerprint density at radius 1 is 1.29 bits per heavy atom. The van der Waals surface area contributed by atoms with Gasteiger partial charge in [-0.1, -0.05) is 13.8 Å². The molecule has 0 unspecified atom stereocenters. The normalized spacial score (nSPS) is 13.2. The Bertz CT molecular complexity index is 617. The van der Waals surface area contributed by atoms with Gasteiger partial charge in [0.15, 0.2) is 11.6 Å². The van der Waals surface area contributed by atoms with Crippen LogP contribution in [-0.4, -0.2) is 27.5 Å². The minimum absolute atomic E-state index is 0.0294. The molecule has 0 aliphatic heterocycles. The van der Waals surface area contributed by atoms with Gasteiger partial charge in [-0.3, -0.25) is 4.79 Å². The van der Waals surface area contributed by atoms with Crippen LogP contribution < -0.4 is 4.72 Å². The average Bonchev–Trinajstić information content (AvgIpc) is 2.39. The quantitative estimate of drug-likeness (QED) is 0.811. The number of carbonyl (C=O) groups is 1. The lowest BCUT2D eigenvalue weighted by Crippen LogP contribution is -2.42. The molecule has 8 heteroatoms. The molecular weight excluding hydrogens is 304 g/mol. The summed E-state index contributed by atoms with van der Waals surface area (Å²) in [7, 11) is -3.02. The zero-order valence-corrected chi connectivity index (χ0v) is 12.7. The highest BCUT2D eigenvalue weighted by Gasteiger charge is 2.27. The fourth-order valence-electron chi connectivity index (χ4n) is 1.71. The third kappa shape index (κ3) is 4.75. The van der Waals surface area contributed by atoms with Crippen molar-refractivity contribution in [1.82, 2.24) is 4.72 Å². The zero-order chi connectivity index (χ0) is 16.2. The predicted molar refractivity (Wildman–Crippen MR) is 71.9 cm³/mol. The van der Waals surface area contributed by atoms with E-state index in [0.717, 1.165) is 13.2 Å². The number of ether oxygens (including phenoxy) is 1. The smallest absolute Gasteiger partial charge is 0.323 e. The highest BCUT2D eigenvalue weighted by atomic mass is 32.2. The van der Waals surface area contributed by atoms with Crippen molar-refractivity contribution in [2.24, 2.45) is 5.92 Å². The molecule has 0 saturated carbocycles. The second-order valence-corrected chi connectivity index (χ2v) is 6.62. The molecule has 118 valence electrons. The number of hydrogen-bond donors (Lipinski definition) is 1. The Balaban J connectivity index is 3.05. The van der Waals surface area contributed by atoms with Crippen LogP contribution in [-0.2, 0) is 19.6 Å². The van der Waals surface area contributed by atoms with Crippen molar-refractivity contribution in [1.29, 1.82) is 0 Å². The summed E-state index contributed by atoms with van der Waals surface area (Å²) in [5.74, 6) is -3.14. The van der Waals surface area contributed by atoms with Crippen LogP contribution in [0.2, 0.25) is 0 Å². The molecule has 5 nitrogen and oxygen atoms in total. The second kappa shape index (κ2) is 6.95. The summed E-state index contributed by atoms with van der Waals surface area (Å²) in [5.41, 5.74) is 0. The van der Waals surface area contributed by atoms with E-state index in [9.17, 15) is 22.0 Å². The number of halogens is 2. The van der Waals surface area contributed by atoms with E-state index in [1.54, 1.807) is 0 Å². The van der Waals surface area contributed by atoms with E-state index in [1.165, 1.54) is 0 Å². The molecule has 1 rings (SSSR count). The molecule has 1 aromatic carbocycles. The van der Waals surface area contributed by atoms with Gasteiger partial charge in [-0.05, 0) is 30.5 Å². The van der Waals surface area contributed by atoms with Gasteiger partial charge in [-0.15, -0.1) is 0 Å². The first-order valence-electron chi connectivity index (χ1n) is 6.22. The molecule has 21 heavy (non-hydrogen) atoms. The lowest BCUT2D eigenvalue weighted by molar-refractivity contribution is -0.143. The average molecular weight is 321 g/mol. The standard InChI is InChI=1S/C13H17F2NO4S/c1-8(2)6-12(13(17)20-3)16-21(18,19)9-4-5-10(14)11(15)7-9/h4-5,7-8,12,16H,6H2,1-3H3/t12-/m0/s1. The van der Waals surface area contributed by atoms with Gasteiger partial charge in [0.2, 0.25) is 10.0 Å². The first-order valence-corrected chi connectivity index (χ1v) is 7.71. The van der Waals surface area contributed by atoms with Crippen LogP contribution >= 0.6 is 0 Å². The Hall–Kier alpha value is -1.54. The predicted octanol–water partition coefficient (Wildman–Crippen LogP) is 1.83. The van der Waals surface area contributed by atoms with Crippen molar-refractivity contribution in [2.75, 3.05) is 7.11 Å². The fraction of sp³-hybridized carbons (Fsp3) is 0.462. The van der Waals surface area contributed by atoms with Crippen molar-refractivity contribution in [2.45, 2.75) is 31.2 Å². The van der Waals surface area contributed by atoms with E-state index < -0.39 is 38.6 Å². The summed E-state index contributed by atoms with van der Waals surface area (Å²) in [6.07, 6.45) is 0.218. The molecular formula is C13H17F2NO4S. The molecule has 0 radical (unpaired) electrons. The van der Waals surface area contributed by atoms with Crippen LogP contribution in [0, 0.1) is 17.6 Å². The maximum atomic E-state index is 13.1. The van der Waals surface area contributed by atoms with Gasteiger partial charge in [0.1, 0.15) is 6.04 Å². The SMILES string of the molecule is COC(=O)[C@H](CC(C)C)NS(=O)(=O)c1ccc(F)c(F)c1. The summed E-state index contributed by atoms with van der Waals surface area (Å²) < 4.78 is 56.8. The number of esters is 1. The first-order chi connectivity index (χ1) is 9.67. The molecule has 1 aromatic rings. The number of carbonyl (C=O) groups excluding carboxylic acids is 1. The number of methoxy groups -OCH3 is 1. The summed E-state index contributed by atoms with van der Waals surface area (Å²) in [6, 6.07) is 1.10. The second-order valence-electron chi connectivity index (χ2n) is 4.90. The number of hydrogen-bond acceptors (Lipinski definition) is 4. The van der Waals surface area contributed by atoms with Gasteiger partial charge in [-0.25, -0.2) is 17.2 Å². The molecule has 1 N–H and O–H groups in total.